The molecule has 0 aliphatic carbocycles. The second-order valence-corrected chi connectivity index (χ2v) is 4.32. The van der Waals surface area contributed by atoms with Gasteiger partial charge in [0.25, 0.3) is 5.89 Å². The topological polar surface area (TPSA) is 81.3 Å². The molecular weight excluding hydrogens is 270 g/mol. The van der Waals surface area contributed by atoms with Crippen molar-refractivity contribution in [3.05, 3.63) is 54.6 Å². The van der Waals surface area contributed by atoms with Crippen LogP contribution in [0.1, 0.15) is 5.82 Å². The molecule has 106 valence electrons. The Kier molecular flexibility index (Phi) is 3.77. The molecule has 1 aromatic carbocycles. The summed E-state index contributed by atoms with van der Waals surface area (Å²) >= 11 is 0. The molecule has 1 N–H and O–H groups in total. The molecule has 21 heavy (non-hydrogen) atoms. The average Bonchev–Trinajstić information content (AvgIpc) is 2.97. The van der Waals surface area contributed by atoms with Gasteiger partial charge in [0.05, 0.1) is 18.4 Å². The van der Waals surface area contributed by atoms with Gasteiger partial charge in [0.2, 0.25) is 0 Å². The van der Waals surface area contributed by atoms with E-state index >= 15 is 0 Å². The zero-order chi connectivity index (χ0) is 14.5. The summed E-state index contributed by atoms with van der Waals surface area (Å²) in [6.07, 6.45) is 3.40. The molecule has 2 aromatic heterocycles. The molecule has 6 nitrogen and oxygen atoms in total. The van der Waals surface area contributed by atoms with Crippen LogP contribution >= 0.6 is 0 Å². The molecule has 0 saturated heterocycles. The molecule has 3 rings (SSSR count). The number of aromatic hydroxyl groups is 1. The Bertz CT molecular complexity index is 713. The minimum atomic E-state index is 0.00763. The third-order valence-electron chi connectivity index (χ3n) is 2.84. The van der Waals surface area contributed by atoms with Gasteiger partial charge in [-0.05, 0) is 18.2 Å². The van der Waals surface area contributed by atoms with Crippen molar-refractivity contribution >= 4 is 0 Å². The van der Waals surface area contributed by atoms with Gasteiger partial charge < -0.3 is 14.4 Å². The van der Waals surface area contributed by atoms with Crippen molar-refractivity contribution in [2.45, 2.75) is 6.42 Å². The third-order valence-corrected chi connectivity index (χ3v) is 2.84. The highest BCUT2D eigenvalue weighted by Crippen LogP contribution is 2.25. The molecule has 0 saturated carbocycles. The van der Waals surface area contributed by atoms with E-state index in [2.05, 4.69) is 15.1 Å². The first-order chi connectivity index (χ1) is 10.3. The fourth-order valence-corrected chi connectivity index (χ4v) is 1.81. The maximum atomic E-state index is 9.68. The van der Waals surface area contributed by atoms with Crippen LogP contribution in [0.4, 0.5) is 0 Å². The monoisotopic (exact) mass is 283 g/mol. The van der Waals surface area contributed by atoms with Crippen LogP contribution in [-0.4, -0.2) is 26.8 Å². The average molecular weight is 283 g/mol. The van der Waals surface area contributed by atoms with Crippen LogP contribution in [0.3, 0.4) is 0 Å². The summed E-state index contributed by atoms with van der Waals surface area (Å²) in [4.78, 5) is 8.03. The Hall–Kier alpha value is -2.89. The highest BCUT2D eigenvalue weighted by atomic mass is 16.5. The summed E-state index contributed by atoms with van der Waals surface area (Å²) in [7, 11) is 0. The van der Waals surface area contributed by atoms with Gasteiger partial charge in [-0.25, -0.2) is 0 Å². The highest BCUT2D eigenvalue weighted by Gasteiger charge is 2.12. The van der Waals surface area contributed by atoms with Crippen LogP contribution in [0.2, 0.25) is 0 Å². The molecule has 0 radical (unpaired) electrons. The van der Waals surface area contributed by atoms with Gasteiger partial charge >= 0.3 is 0 Å². The maximum Gasteiger partial charge on any atom is 0.261 e. The first kappa shape index (κ1) is 13.1. The van der Waals surface area contributed by atoms with E-state index in [0.29, 0.717) is 24.4 Å². The maximum absolute atomic E-state index is 9.68. The summed E-state index contributed by atoms with van der Waals surface area (Å²) in [6, 6.07) is 11.1. The minimum absolute atomic E-state index is 0.00763. The molecule has 0 spiro atoms. The largest absolute Gasteiger partial charge is 0.505 e. The number of nitrogens with zero attached hydrogens (tertiary/aromatic N) is 3. The molecule has 0 fully saturated rings. The van der Waals surface area contributed by atoms with E-state index in [-0.39, 0.29) is 11.6 Å². The lowest BCUT2D eigenvalue weighted by Crippen LogP contribution is -2.02. The molecule has 0 aliphatic rings. The van der Waals surface area contributed by atoms with Crippen LogP contribution in [0.5, 0.6) is 11.5 Å². The smallest absolute Gasteiger partial charge is 0.261 e. The molecule has 2 heterocycles. The number of hydrogen-bond acceptors (Lipinski definition) is 6. The quantitative estimate of drug-likeness (QED) is 0.774. The summed E-state index contributed by atoms with van der Waals surface area (Å²) in [5.74, 6) is 1.60. The molecule has 0 amide bonds. The van der Waals surface area contributed by atoms with Crippen molar-refractivity contribution in [1.82, 2.24) is 15.1 Å². The van der Waals surface area contributed by atoms with E-state index < -0.39 is 0 Å². The Morgan fingerprint density at radius 1 is 1.14 bits per heavy atom. The van der Waals surface area contributed by atoms with Gasteiger partial charge in [-0.1, -0.05) is 23.4 Å². The summed E-state index contributed by atoms with van der Waals surface area (Å²) in [5, 5.41) is 13.6. The molecule has 0 aliphatic heterocycles. The fraction of sp³-hybridized carbons (Fsp3) is 0.133. The summed E-state index contributed by atoms with van der Waals surface area (Å²) in [6.45, 7) is 0.450. The fourth-order valence-electron chi connectivity index (χ4n) is 1.81. The van der Waals surface area contributed by atoms with Crippen LogP contribution in [0.25, 0.3) is 11.5 Å². The molecule has 0 bridgehead atoms. The van der Waals surface area contributed by atoms with E-state index in [4.69, 9.17) is 9.26 Å². The lowest BCUT2D eigenvalue weighted by atomic mass is 10.2. The summed E-state index contributed by atoms with van der Waals surface area (Å²) in [5.41, 5.74) is 0.465. The number of benzene rings is 1. The molecule has 3 aromatic rings. The predicted octanol–water partition coefficient (Wildman–Crippen LogP) is 2.46. The van der Waals surface area contributed by atoms with Crippen LogP contribution < -0.4 is 4.74 Å². The van der Waals surface area contributed by atoms with Crippen molar-refractivity contribution in [2.24, 2.45) is 0 Å². The first-order valence-electron chi connectivity index (χ1n) is 6.47. The molecule has 0 unspecified atom stereocenters. The Morgan fingerprint density at radius 2 is 2.00 bits per heavy atom. The Morgan fingerprint density at radius 3 is 2.81 bits per heavy atom. The van der Waals surface area contributed by atoms with Gasteiger partial charge in [0.15, 0.2) is 5.82 Å². The van der Waals surface area contributed by atoms with Crippen molar-refractivity contribution in [2.75, 3.05) is 6.61 Å². The van der Waals surface area contributed by atoms with Crippen molar-refractivity contribution in [3.8, 4) is 23.0 Å². The Balaban J connectivity index is 1.62. The summed E-state index contributed by atoms with van der Waals surface area (Å²) < 4.78 is 10.7. The van der Waals surface area contributed by atoms with E-state index in [0.717, 1.165) is 5.75 Å². The van der Waals surface area contributed by atoms with Crippen LogP contribution in [0, 0.1) is 0 Å². The van der Waals surface area contributed by atoms with Crippen molar-refractivity contribution in [1.29, 1.82) is 0 Å². The van der Waals surface area contributed by atoms with Crippen molar-refractivity contribution < 1.29 is 14.4 Å². The number of pyridine rings is 1. The minimum Gasteiger partial charge on any atom is -0.505 e. The normalized spacial score (nSPS) is 10.5. The Labute approximate surface area is 121 Å². The van der Waals surface area contributed by atoms with Gasteiger partial charge in [-0.3, -0.25) is 4.98 Å². The second kappa shape index (κ2) is 6.04. The van der Waals surface area contributed by atoms with E-state index in [9.17, 15) is 5.11 Å². The zero-order valence-electron chi connectivity index (χ0n) is 11.1. The lowest BCUT2D eigenvalue weighted by molar-refractivity contribution is 0.315. The SMILES string of the molecule is Oc1cnccc1-c1nc(CCOc2ccccc2)no1. The third kappa shape index (κ3) is 3.17. The van der Waals surface area contributed by atoms with Gasteiger partial charge in [-0.2, -0.15) is 4.98 Å². The van der Waals surface area contributed by atoms with Gasteiger partial charge in [-0.15, -0.1) is 0 Å². The number of ether oxygens (including phenoxy) is 1. The molecular formula is C15H13N3O3. The molecule has 6 heteroatoms. The number of rotatable bonds is 5. The second-order valence-electron chi connectivity index (χ2n) is 4.32. The van der Waals surface area contributed by atoms with Crippen LogP contribution in [-0.2, 0) is 6.42 Å². The lowest BCUT2D eigenvalue weighted by Gasteiger charge is -2.02. The van der Waals surface area contributed by atoms with E-state index in [1.807, 2.05) is 30.3 Å². The van der Waals surface area contributed by atoms with Gasteiger partial charge in [0.1, 0.15) is 11.5 Å². The van der Waals surface area contributed by atoms with E-state index in [1.54, 1.807) is 12.3 Å². The molecule has 0 atom stereocenters. The highest BCUT2D eigenvalue weighted by molar-refractivity contribution is 5.60. The van der Waals surface area contributed by atoms with Gasteiger partial charge in [0, 0.05) is 12.6 Å². The number of aromatic nitrogens is 3. The standard InChI is InChI=1S/C15H13N3O3/c19-13-10-16-8-6-12(13)15-17-14(18-21-15)7-9-20-11-4-2-1-3-5-11/h1-6,8,10,19H,7,9H2. The van der Waals surface area contributed by atoms with Crippen molar-refractivity contribution in [3.63, 3.8) is 0 Å². The predicted molar refractivity (Wildman–Crippen MR) is 74.8 cm³/mol. The number of hydrogen-bond donors (Lipinski definition) is 1. The first-order valence-corrected chi connectivity index (χ1v) is 6.47. The van der Waals surface area contributed by atoms with E-state index in [1.165, 1.54) is 6.20 Å². The van der Waals surface area contributed by atoms with Crippen LogP contribution in [0.15, 0.2) is 53.3 Å². The zero-order valence-corrected chi connectivity index (χ0v) is 11.1. The number of para-hydroxylation sites is 1.